The molecule has 0 amide bonds. The van der Waals surface area contributed by atoms with Gasteiger partial charge in [0.1, 0.15) is 10.3 Å². The molecule has 5 rings (SSSR count). The molecule has 0 unspecified atom stereocenters. The number of aryl methyl sites for hydroxylation is 2. The van der Waals surface area contributed by atoms with Crippen LogP contribution in [0.1, 0.15) is 24.0 Å². The first-order valence-electron chi connectivity index (χ1n) is 9.70. The topological polar surface area (TPSA) is 66.4 Å². The van der Waals surface area contributed by atoms with E-state index in [2.05, 4.69) is 14.9 Å². The van der Waals surface area contributed by atoms with Crippen LogP contribution in [0, 0.1) is 0 Å². The highest BCUT2D eigenvalue weighted by Gasteiger charge is 2.30. The quantitative estimate of drug-likeness (QED) is 0.659. The van der Waals surface area contributed by atoms with E-state index < -0.39 is 10.0 Å². The fourth-order valence-electron chi connectivity index (χ4n) is 4.03. The zero-order valence-electron chi connectivity index (χ0n) is 15.5. The van der Waals surface area contributed by atoms with Crippen LogP contribution in [0.2, 0.25) is 0 Å². The number of sulfonamides is 1. The number of benzene rings is 1. The maximum atomic E-state index is 13.1. The zero-order chi connectivity index (χ0) is 19.1. The number of piperazine rings is 1. The maximum absolute atomic E-state index is 13.1. The first-order valence-corrected chi connectivity index (χ1v) is 12.0. The molecular formula is C20H22N4O2S2. The van der Waals surface area contributed by atoms with Crippen molar-refractivity contribution in [1.29, 1.82) is 0 Å². The summed E-state index contributed by atoms with van der Waals surface area (Å²) in [6.45, 7) is 2.24. The van der Waals surface area contributed by atoms with E-state index >= 15 is 0 Å². The Kier molecular flexibility index (Phi) is 4.57. The normalized spacial score (nSPS) is 18.4. The second-order valence-corrected chi connectivity index (χ2v) is 10.2. The first-order chi connectivity index (χ1) is 13.6. The minimum absolute atomic E-state index is 0.436. The monoisotopic (exact) mass is 414 g/mol. The van der Waals surface area contributed by atoms with Gasteiger partial charge < -0.3 is 4.90 Å². The van der Waals surface area contributed by atoms with E-state index in [-0.39, 0.29) is 0 Å². The van der Waals surface area contributed by atoms with Gasteiger partial charge in [0.05, 0.1) is 4.90 Å². The molecular weight excluding hydrogens is 392 g/mol. The van der Waals surface area contributed by atoms with E-state index in [0.29, 0.717) is 31.1 Å². The van der Waals surface area contributed by atoms with E-state index in [4.69, 9.17) is 0 Å². The van der Waals surface area contributed by atoms with Gasteiger partial charge in [-0.15, -0.1) is 0 Å². The molecule has 2 aromatic heterocycles. The minimum Gasteiger partial charge on any atom is -0.345 e. The van der Waals surface area contributed by atoms with Crippen LogP contribution in [0.4, 0.5) is 5.13 Å². The third-order valence-electron chi connectivity index (χ3n) is 5.62. The van der Waals surface area contributed by atoms with Gasteiger partial charge in [-0.05, 0) is 61.1 Å². The number of hydrogen-bond donors (Lipinski definition) is 0. The molecule has 28 heavy (non-hydrogen) atoms. The van der Waals surface area contributed by atoms with Crippen LogP contribution in [-0.2, 0) is 22.9 Å². The van der Waals surface area contributed by atoms with Gasteiger partial charge in [0.2, 0.25) is 10.0 Å². The highest BCUT2D eigenvalue weighted by molar-refractivity contribution is 7.89. The molecule has 1 aliphatic heterocycles. The summed E-state index contributed by atoms with van der Waals surface area (Å²) in [4.78, 5) is 12.5. The average Bonchev–Trinajstić information content (AvgIpc) is 3.18. The second-order valence-electron chi connectivity index (χ2n) is 7.35. The average molecular weight is 415 g/mol. The summed E-state index contributed by atoms with van der Waals surface area (Å²) in [5.41, 5.74) is 3.40. The SMILES string of the molecule is O=S(=O)(c1ccc2c(c1)CCCC2)N1CCN(c2nc3cccnc3s2)CC1. The Bertz CT molecular complexity index is 1090. The molecule has 0 bridgehead atoms. The van der Waals surface area contributed by atoms with Crippen molar-refractivity contribution in [3.05, 3.63) is 47.7 Å². The fraction of sp³-hybridized carbons (Fsp3) is 0.400. The maximum Gasteiger partial charge on any atom is 0.243 e. The Labute approximate surface area is 168 Å². The molecule has 146 valence electrons. The molecule has 1 aromatic carbocycles. The lowest BCUT2D eigenvalue weighted by atomic mass is 9.92. The summed E-state index contributed by atoms with van der Waals surface area (Å²) in [6, 6.07) is 9.53. The van der Waals surface area contributed by atoms with E-state index in [1.165, 1.54) is 17.5 Å². The van der Waals surface area contributed by atoms with Gasteiger partial charge >= 0.3 is 0 Å². The lowest BCUT2D eigenvalue weighted by molar-refractivity contribution is 0.384. The summed E-state index contributed by atoms with van der Waals surface area (Å²) in [5, 5.41) is 0.916. The summed E-state index contributed by atoms with van der Waals surface area (Å²) < 4.78 is 27.9. The van der Waals surface area contributed by atoms with E-state index in [0.717, 1.165) is 34.7 Å². The van der Waals surface area contributed by atoms with Gasteiger partial charge in [0.15, 0.2) is 5.13 Å². The first kappa shape index (κ1) is 18.0. The van der Waals surface area contributed by atoms with Crippen molar-refractivity contribution in [2.45, 2.75) is 30.6 Å². The fourth-order valence-corrected chi connectivity index (χ4v) is 6.47. The van der Waals surface area contributed by atoms with Crippen molar-refractivity contribution < 1.29 is 8.42 Å². The molecule has 1 aliphatic carbocycles. The number of nitrogens with zero attached hydrogens (tertiary/aromatic N) is 4. The van der Waals surface area contributed by atoms with Gasteiger partial charge in [0, 0.05) is 32.4 Å². The van der Waals surface area contributed by atoms with E-state index in [9.17, 15) is 8.42 Å². The highest BCUT2D eigenvalue weighted by Crippen LogP contribution is 2.29. The van der Waals surface area contributed by atoms with Crippen LogP contribution >= 0.6 is 11.3 Å². The van der Waals surface area contributed by atoms with Crippen LogP contribution < -0.4 is 4.90 Å². The van der Waals surface area contributed by atoms with Gasteiger partial charge in [-0.25, -0.2) is 18.4 Å². The van der Waals surface area contributed by atoms with Crippen molar-refractivity contribution in [3.63, 3.8) is 0 Å². The Balaban J connectivity index is 1.33. The van der Waals surface area contributed by atoms with E-state index in [1.807, 2.05) is 24.3 Å². The van der Waals surface area contributed by atoms with Crippen LogP contribution in [0.15, 0.2) is 41.4 Å². The number of rotatable bonds is 3. The molecule has 8 heteroatoms. The van der Waals surface area contributed by atoms with Crippen molar-refractivity contribution >= 4 is 36.8 Å². The molecule has 0 radical (unpaired) electrons. The smallest absolute Gasteiger partial charge is 0.243 e. The standard InChI is InChI=1S/C20H22N4O2S2/c25-28(26,17-8-7-15-4-1-2-5-16(15)14-17)24-12-10-23(11-13-24)20-22-18-6-3-9-21-19(18)27-20/h3,6-9,14H,1-2,4-5,10-13H2. The third kappa shape index (κ3) is 3.19. The van der Waals surface area contributed by atoms with E-state index in [1.54, 1.807) is 27.9 Å². The number of fused-ring (bicyclic) bond motifs is 2. The molecule has 0 spiro atoms. The Hall–Kier alpha value is -2.03. The van der Waals surface area contributed by atoms with Gasteiger partial charge in [-0.3, -0.25) is 0 Å². The lowest BCUT2D eigenvalue weighted by Crippen LogP contribution is -2.48. The summed E-state index contributed by atoms with van der Waals surface area (Å²) in [6.07, 6.45) is 6.16. The van der Waals surface area contributed by atoms with Crippen LogP contribution in [0.25, 0.3) is 10.3 Å². The minimum atomic E-state index is -3.45. The van der Waals surface area contributed by atoms with Gasteiger partial charge in [-0.2, -0.15) is 4.31 Å². The molecule has 0 atom stereocenters. The summed E-state index contributed by atoms with van der Waals surface area (Å²) in [7, 11) is -3.45. The van der Waals surface area contributed by atoms with Crippen molar-refractivity contribution in [2.24, 2.45) is 0 Å². The number of aromatic nitrogens is 2. The van der Waals surface area contributed by atoms with Crippen LogP contribution in [-0.4, -0.2) is 48.9 Å². The molecule has 3 aromatic rings. The summed E-state index contributed by atoms with van der Waals surface area (Å²) >= 11 is 1.56. The lowest BCUT2D eigenvalue weighted by Gasteiger charge is -2.34. The number of thiazole rings is 1. The van der Waals surface area contributed by atoms with Crippen molar-refractivity contribution in [1.82, 2.24) is 14.3 Å². The largest absolute Gasteiger partial charge is 0.345 e. The summed E-state index contributed by atoms with van der Waals surface area (Å²) in [5.74, 6) is 0. The predicted molar refractivity (Wildman–Crippen MR) is 111 cm³/mol. The molecule has 1 saturated heterocycles. The van der Waals surface area contributed by atoms with Crippen LogP contribution in [0.5, 0.6) is 0 Å². The highest BCUT2D eigenvalue weighted by atomic mass is 32.2. The van der Waals surface area contributed by atoms with Gasteiger partial charge in [-0.1, -0.05) is 17.4 Å². The van der Waals surface area contributed by atoms with Crippen molar-refractivity contribution in [2.75, 3.05) is 31.1 Å². The molecule has 0 N–H and O–H groups in total. The van der Waals surface area contributed by atoms with Crippen LogP contribution in [0.3, 0.4) is 0 Å². The van der Waals surface area contributed by atoms with Gasteiger partial charge in [0.25, 0.3) is 0 Å². The molecule has 1 fully saturated rings. The number of anilines is 1. The molecule has 3 heterocycles. The number of pyridine rings is 1. The number of hydrogen-bond acceptors (Lipinski definition) is 6. The molecule has 6 nitrogen and oxygen atoms in total. The second kappa shape index (κ2) is 7.09. The predicted octanol–water partition coefficient (Wildman–Crippen LogP) is 3.08. The Morgan fingerprint density at radius 3 is 2.54 bits per heavy atom. The zero-order valence-corrected chi connectivity index (χ0v) is 17.2. The Morgan fingerprint density at radius 1 is 0.964 bits per heavy atom. The molecule has 2 aliphatic rings. The third-order valence-corrected chi connectivity index (χ3v) is 8.56. The molecule has 0 saturated carbocycles. The van der Waals surface area contributed by atoms with Crippen molar-refractivity contribution in [3.8, 4) is 0 Å². The Morgan fingerprint density at radius 2 is 1.75 bits per heavy atom.